The molecule has 0 saturated carbocycles. The van der Waals surface area contributed by atoms with Crippen LogP contribution in [0, 0.1) is 0 Å². The molecule has 25 valence electrons. The third-order valence-electron chi connectivity index (χ3n) is 0.120. The van der Waals surface area contributed by atoms with Crippen LogP contribution >= 0.6 is 19.2 Å². The Kier molecular flexibility index (Phi) is 4.39. The molecule has 0 rings (SSSR count). The van der Waals surface area contributed by atoms with Crippen molar-refractivity contribution in [3.63, 3.8) is 0 Å². The Morgan fingerprint density at radius 3 is 2.25 bits per heavy atom. The molecule has 0 unspecified atom stereocenters. The van der Waals surface area contributed by atoms with Gasteiger partial charge < -0.3 is 0 Å². The van der Waals surface area contributed by atoms with Crippen LogP contribution in [0.25, 0.3) is 0 Å². The molecule has 0 bridgehead atoms. The maximum atomic E-state index is 5.16. The Bertz CT molecular complexity index is 8.00. The largest absolute Gasteiger partial charge is 0.0901 e. The molecule has 0 atom stereocenters. The predicted octanol–water partition coefficient (Wildman–Crippen LogP) is 2.11. The van der Waals surface area contributed by atoms with E-state index in [2.05, 4.69) is 0 Å². The van der Waals surface area contributed by atoms with E-state index in [0.29, 0.717) is 0 Å². The molecule has 0 amide bonds. The van der Waals surface area contributed by atoms with Crippen LogP contribution in [0.5, 0.6) is 0 Å². The van der Waals surface area contributed by atoms with Gasteiger partial charge in [-0.3, -0.25) is 0 Å². The van der Waals surface area contributed by atoms with Gasteiger partial charge in [0, 0.05) is 7.93 Å². The molecular weight excluding hydrogens is 90.4 g/mol. The molecule has 2 heteroatoms. The van der Waals surface area contributed by atoms with Crippen LogP contribution in [0.3, 0.4) is 0 Å². The van der Waals surface area contributed by atoms with Gasteiger partial charge >= 0.3 is 0 Å². The van der Waals surface area contributed by atoms with Gasteiger partial charge in [-0.1, -0.05) is 18.2 Å². The lowest BCUT2D eigenvalue weighted by Crippen LogP contribution is -1.41. The lowest BCUT2D eigenvalue weighted by molar-refractivity contribution is 1.53. The van der Waals surface area contributed by atoms with Gasteiger partial charge in [-0.25, -0.2) is 0 Å². The van der Waals surface area contributed by atoms with Crippen LogP contribution in [0.4, 0.5) is 0 Å². The molecule has 0 aliphatic heterocycles. The van der Waals surface area contributed by atoms with E-state index in [9.17, 15) is 0 Å². The Hall–Kier alpha value is 0.720. The maximum Gasteiger partial charge on any atom is 0.0305 e. The summed E-state index contributed by atoms with van der Waals surface area (Å²) in [6.07, 6.45) is 1.06. The van der Waals surface area contributed by atoms with Crippen LogP contribution in [-0.4, -0.2) is 6.16 Å². The molecule has 0 aliphatic carbocycles. The third kappa shape index (κ3) is 2.72. The molecule has 0 heterocycles. The fourth-order valence-electron chi connectivity index (χ4n) is 0. The van der Waals surface area contributed by atoms with E-state index in [0.717, 1.165) is 14.1 Å². The molecule has 0 saturated heterocycles. The minimum absolute atomic E-state index is 0.971. The van der Waals surface area contributed by atoms with E-state index in [1.165, 1.54) is 0 Å². The average molecular weight is 95.5 g/mol. The van der Waals surface area contributed by atoms with Gasteiger partial charge in [-0.05, 0) is 6.16 Å². The van der Waals surface area contributed by atoms with E-state index in [-0.39, 0.29) is 0 Å². The zero-order valence-electron chi connectivity index (χ0n) is 2.53. The fourth-order valence-corrected chi connectivity index (χ4v) is 0. The molecule has 0 fully saturated rings. The van der Waals surface area contributed by atoms with Gasteiger partial charge in [-0.15, -0.1) is 0 Å². The van der Waals surface area contributed by atoms with E-state index < -0.39 is 0 Å². The minimum atomic E-state index is 0.971. The van der Waals surface area contributed by atoms with Crippen molar-refractivity contribution in [2.45, 2.75) is 6.92 Å². The molecule has 0 N–H and O–H groups in total. The van der Waals surface area contributed by atoms with Gasteiger partial charge in [0.1, 0.15) is 0 Å². The minimum Gasteiger partial charge on any atom is -0.0901 e. The molecular formula is C2H5ClP. The summed E-state index contributed by atoms with van der Waals surface area (Å²) in [6, 6.07) is 0. The quantitative estimate of drug-likeness (QED) is 0.438. The average Bonchev–Trinajstić information content (AvgIpc) is 1.37. The third-order valence-corrected chi connectivity index (χ3v) is 1.08. The second-order valence-electron chi connectivity index (χ2n) is 0.436. The smallest absolute Gasteiger partial charge is 0.0305 e. The first-order chi connectivity index (χ1) is 1.91. The van der Waals surface area contributed by atoms with Crippen molar-refractivity contribution >= 4 is 19.2 Å². The molecule has 0 aromatic heterocycles. The van der Waals surface area contributed by atoms with Crippen molar-refractivity contribution in [2.24, 2.45) is 0 Å². The second-order valence-corrected chi connectivity index (χ2v) is 2.02. The van der Waals surface area contributed by atoms with Gasteiger partial charge in [0.2, 0.25) is 0 Å². The molecule has 1 radical (unpaired) electrons. The van der Waals surface area contributed by atoms with Crippen LogP contribution in [0.1, 0.15) is 6.92 Å². The van der Waals surface area contributed by atoms with Gasteiger partial charge in [-0.2, -0.15) is 0 Å². The van der Waals surface area contributed by atoms with E-state index >= 15 is 0 Å². The standard InChI is InChI=1S/C2H5ClP/c1-2-4-3/h2H2,1H3. The van der Waals surface area contributed by atoms with E-state index in [4.69, 9.17) is 11.2 Å². The van der Waals surface area contributed by atoms with Gasteiger partial charge in [0.15, 0.2) is 0 Å². The number of rotatable bonds is 1. The van der Waals surface area contributed by atoms with Crippen LogP contribution in [0.2, 0.25) is 0 Å². The molecule has 0 spiro atoms. The summed E-state index contributed by atoms with van der Waals surface area (Å²) in [4.78, 5) is 0. The van der Waals surface area contributed by atoms with Crippen molar-refractivity contribution in [2.75, 3.05) is 6.16 Å². The van der Waals surface area contributed by atoms with Gasteiger partial charge in [0.25, 0.3) is 0 Å². The van der Waals surface area contributed by atoms with Crippen molar-refractivity contribution in [1.82, 2.24) is 0 Å². The van der Waals surface area contributed by atoms with Crippen LogP contribution in [-0.2, 0) is 0 Å². The summed E-state index contributed by atoms with van der Waals surface area (Å²) >= 11 is 5.16. The Morgan fingerprint density at radius 2 is 2.25 bits per heavy atom. The summed E-state index contributed by atoms with van der Waals surface area (Å²) in [5, 5.41) is 0. The highest BCUT2D eigenvalue weighted by Crippen LogP contribution is 2.12. The maximum absolute atomic E-state index is 5.16. The Balaban J connectivity index is 1.97. The van der Waals surface area contributed by atoms with Crippen molar-refractivity contribution in [1.29, 1.82) is 0 Å². The molecule has 0 aromatic rings. The van der Waals surface area contributed by atoms with Crippen molar-refractivity contribution in [3.05, 3.63) is 0 Å². The van der Waals surface area contributed by atoms with E-state index in [1.807, 2.05) is 6.92 Å². The van der Waals surface area contributed by atoms with Crippen LogP contribution < -0.4 is 0 Å². The van der Waals surface area contributed by atoms with Crippen LogP contribution in [0.15, 0.2) is 0 Å². The van der Waals surface area contributed by atoms with Crippen molar-refractivity contribution in [3.8, 4) is 0 Å². The fraction of sp³-hybridized carbons (Fsp3) is 1.00. The molecule has 0 aromatic carbocycles. The normalized spacial score (nSPS) is 10.5. The van der Waals surface area contributed by atoms with Crippen molar-refractivity contribution < 1.29 is 0 Å². The summed E-state index contributed by atoms with van der Waals surface area (Å²) in [7, 11) is 0.971. The first kappa shape index (κ1) is 4.72. The summed E-state index contributed by atoms with van der Waals surface area (Å²) < 4.78 is 0. The topological polar surface area (TPSA) is 0 Å². The second kappa shape index (κ2) is 3.72. The molecule has 0 nitrogen and oxygen atoms in total. The Morgan fingerprint density at radius 1 is 2.00 bits per heavy atom. The zero-order valence-corrected chi connectivity index (χ0v) is 4.18. The van der Waals surface area contributed by atoms with Gasteiger partial charge in [0.05, 0.1) is 0 Å². The Labute approximate surface area is 33.1 Å². The number of halogens is 1. The number of hydrogen-bond acceptors (Lipinski definition) is 0. The highest BCUT2D eigenvalue weighted by Gasteiger charge is 1.60. The highest BCUT2D eigenvalue weighted by molar-refractivity contribution is 7.68. The van der Waals surface area contributed by atoms with E-state index in [1.54, 1.807) is 0 Å². The summed E-state index contributed by atoms with van der Waals surface area (Å²) in [5.41, 5.74) is 0. The zero-order chi connectivity index (χ0) is 3.41. The first-order valence-electron chi connectivity index (χ1n) is 1.19. The molecule has 4 heavy (non-hydrogen) atoms. The summed E-state index contributed by atoms with van der Waals surface area (Å²) in [6.45, 7) is 2.04. The monoisotopic (exact) mass is 95.0 g/mol. The summed E-state index contributed by atoms with van der Waals surface area (Å²) in [5.74, 6) is 0. The molecule has 0 aliphatic rings. The first-order valence-corrected chi connectivity index (χ1v) is 3.18. The highest BCUT2D eigenvalue weighted by atomic mass is 35.7. The lowest BCUT2D eigenvalue weighted by atomic mass is 11.0. The SMILES string of the molecule is CC[P]Cl. The number of hydrogen-bond donors (Lipinski definition) is 0. The lowest BCUT2D eigenvalue weighted by Gasteiger charge is -1.63. The predicted molar refractivity (Wildman–Crippen MR) is 23.3 cm³/mol.